The fourth-order valence-corrected chi connectivity index (χ4v) is 3.99. The highest BCUT2D eigenvalue weighted by Crippen LogP contribution is 2.25. The Hall–Kier alpha value is -1.90. The fourth-order valence-electron chi connectivity index (χ4n) is 3.32. The average Bonchev–Trinajstić information content (AvgIpc) is 3.35. The van der Waals surface area contributed by atoms with Crippen LogP contribution >= 0.6 is 27.5 Å². The zero-order valence-electron chi connectivity index (χ0n) is 16.1. The second-order valence-corrected chi connectivity index (χ2v) is 8.26. The van der Waals surface area contributed by atoms with E-state index in [0.717, 1.165) is 25.8 Å². The van der Waals surface area contributed by atoms with Gasteiger partial charge in [0.15, 0.2) is 5.82 Å². The third-order valence-electron chi connectivity index (χ3n) is 4.92. The summed E-state index contributed by atoms with van der Waals surface area (Å²) >= 11 is 9.38. The standard InChI is InChI=1S/C20H25BrClN5O2/c21-16-17(20(29)23-10-4-1-5-11-27-12-6-7-13-27)25-26-18(16)24-19(28)14-8-2-3-9-15(14)22/h2-3,8-9H,1,4-7,10-13H2,(H,23,29)(H2,24,25,26,28). The second-order valence-electron chi connectivity index (χ2n) is 7.06. The van der Waals surface area contributed by atoms with Crippen molar-refractivity contribution in [3.8, 4) is 0 Å². The predicted octanol–water partition coefficient (Wildman–Crippen LogP) is 4.07. The maximum atomic E-state index is 12.4. The topological polar surface area (TPSA) is 90.1 Å². The lowest BCUT2D eigenvalue weighted by Gasteiger charge is -2.13. The molecule has 0 atom stereocenters. The largest absolute Gasteiger partial charge is 0.351 e. The maximum Gasteiger partial charge on any atom is 0.270 e. The Morgan fingerprint density at radius 1 is 1.14 bits per heavy atom. The minimum Gasteiger partial charge on any atom is -0.351 e. The molecule has 0 spiro atoms. The van der Waals surface area contributed by atoms with Crippen molar-refractivity contribution in [3.05, 3.63) is 45.0 Å². The monoisotopic (exact) mass is 481 g/mol. The Morgan fingerprint density at radius 3 is 2.66 bits per heavy atom. The van der Waals surface area contributed by atoms with Crippen molar-refractivity contribution in [2.75, 3.05) is 31.5 Å². The Balaban J connectivity index is 1.43. The van der Waals surface area contributed by atoms with Gasteiger partial charge in [0.2, 0.25) is 0 Å². The van der Waals surface area contributed by atoms with Crippen LogP contribution in [0.25, 0.3) is 0 Å². The number of halogens is 2. The van der Waals surface area contributed by atoms with Gasteiger partial charge in [-0.2, -0.15) is 5.10 Å². The summed E-state index contributed by atoms with van der Waals surface area (Å²) in [6.45, 7) is 4.19. The van der Waals surface area contributed by atoms with Gasteiger partial charge in [-0.1, -0.05) is 30.2 Å². The molecule has 2 heterocycles. The van der Waals surface area contributed by atoms with Crippen molar-refractivity contribution in [3.63, 3.8) is 0 Å². The van der Waals surface area contributed by atoms with Crippen molar-refractivity contribution in [1.82, 2.24) is 20.4 Å². The summed E-state index contributed by atoms with van der Waals surface area (Å²) < 4.78 is 0.407. The van der Waals surface area contributed by atoms with E-state index in [0.29, 0.717) is 21.6 Å². The number of benzene rings is 1. The third kappa shape index (κ3) is 6.04. The molecule has 0 unspecified atom stereocenters. The zero-order valence-corrected chi connectivity index (χ0v) is 18.5. The van der Waals surface area contributed by atoms with Gasteiger partial charge >= 0.3 is 0 Å². The van der Waals surface area contributed by atoms with E-state index in [4.69, 9.17) is 11.6 Å². The van der Waals surface area contributed by atoms with Crippen LogP contribution in [0.4, 0.5) is 5.82 Å². The first-order chi connectivity index (χ1) is 14.1. The molecule has 0 saturated carbocycles. The molecular weight excluding hydrogens is 458 g/mol. The molecule has 2 amide bonds. The number of anilines is 1. The number of aromatic nitrogens is 2. The molecule has 29 heavy (non-hydrogen) atoms. The van der Waals surface area contributed by atoms with E-state index in [-0.39, 0.29) is 17.4 Å². The number of nitrogens with zero attached hydrogens (tertiary/aromatic N) is 2. The molecule has 0 radical (unpaired) electrons. The zero-order chi connectivity index (χ0) is 20.6. The lowest BCUT2D eigenvalue weighted by Crippen LogP contribution is -2.25. The van der Waals surface area contributed by atoms with Gasteiger partial charge in [-0.25, -0.2) is 0 Å². The van der Waals surface area contributed by atoms with E-state index in [1.807, 2.05) is 0 Å². The number of amides is 2. The summed E-state index contributed by atoms with van der Waals surface area (Å²) in [4.78, 5) is 27.2. The van der Waals surface area contributed by atoms with Crippen LogP contribution < -0.4 is 10.6 Å². The molecule has 0 aliphatic carbocycles. The lowest BCUT2D eigenvalue weighted by atomic mass is 10.2. The Kier molecular flexibility index (Phi) is 8.09. The van der Waals surface area contributed by atoms with Gasteiger partial charge in [0.25, 0.3) is 11.8 Å². The summed E-state index contributed by atoms with van der Waals surface area (Å²) in [5, 5.41) is 12.6. The molecule has 2 aromatic rings. The van der Waals surface area contributed by atoms with Gasteiger partial charge in [0, 0.05) is 6.54 Å². The predicted molar refractivity (Wildman–Crippen MR) is 118 cm³/mol. The van der Waals surface area contributed by atoms with Crippen molar-refractivity contribution in [1.29, 1.82) is 0 Å². The molecule has 9 heteroatoms. The van der Waals surface area contributed by atoms with Gasteiger partial charge in [-0.3, -0.25) is 14.7 Å². The van der Waals surface area contributed by atoms with Gasteiger partial charge in [-0.05, 0) is 73.4 Å². The minimum atomic E-state index is -0.396. The highest BCUT2D eigenvalue weighted by atomic mass is 79.9. The Bertz CT molecular complexity index is 851. The number of H-pyrrole nitrogens is 1. The number of nitrogens with one attached hydrogen (secondary N) is 3. The normalized spacial score (nSPS) is 14.1. The van der Waals surface area contributed by atoms with Crippen LogP contribution in [0.1, 0.15) is 53.0 Å². The summed E-state index contributed by atoms with van der Waals surface area (Å²) in [5.74, 6) is -0.416. The van der Waals surface area contributed by atoms with E-state index < -0.39 is 5.91 Å². The van der Waals surface area contributed by atoms with E-state index in [9.17, 15) is 9.59 Å². The first kappa shape index (κ1) is 21.8. The molecule has 7 nitrogen and oxygen atoms in total. The van der Waals surface area contributed by atoms with Crippen LogP contribution in [0.5, 0.6) is 0 Å². The van der Waals surface area contributed by atoms with Crippen molar-refractivity contribution in [2.24, 2.45) is 0 Å². The molecule has 3 N–H and O–H groups in total. The summed E-state index contributed by atoms with van der Waals surface area (Å²) in [6, 6.07) is 6.73. The lowest BCUT2D eigenvalue weighted by molar-refractivity contribution is 0.0946. The highest BCUT2D eigenvalue weighted by Gasteiger charge is 2.20. The van der Waals surface area contributed by atoms with Crippen LogP contribution in [0.2, 0.25) is 5.02 Å². The average molecular weight is 483 g/mol. The summed E-state index contributed by atoms with van der Waals surface area (Å²) in [5.41, 5.74) is 0.612. The number of aromatic amines is 1. The van der Waals surface area contributed by atoms with E-state index in [1.165, 1.54) is 25.9 Å². The molecule has 1 saturated heterocycles. The molecule has 0 bridgehead atoms. The number of carbonyl (C=O) groups excluding carboxylic acids is 2. The maximum absolute atomic E-state index is 12.4. The van der Waals surface area contributed by atoms with Crippen molar-refractivity contribution < 1.29 is 9.59 Å². The van der Waals surface area contributed by atoms with Crippen molar-refractivity contribution >= 4 is 45.2 Å². The smallest absolute Gasteiger partial charge is 0.270 e. The highest BCUT2D eigenvalue weighted by molar-refractivity contribution is 9.10. The minimum absolute atomic E-state index is 0.241. The first-order valence-electron chi connectivity index (χ1n) is 9.86. The van der Waals surface area contributed by atoms with Crippen LogP contribution in [0.3, 0.4) is 0 Å². The molecule has 1 aliphatic heterocycles. The number of hydrogen-bond donors (Lipinski definition) is 3. The van der Waals surface area contributed by atoms with Gasteiger partial charge in [0.1, 0.15) is 5.69 Å². The van der Waals surface area contributed by atoms with Crippen LogP contribution in [-0.2, 0) is 0 Å². The van der Waals surface area contributed by atoms with Gasteiger partial charge < -0.3 is 15.5 Å². The fraction of sp³-hybridized carbons (Fsp3) is 0.450. The molecule has 1 aromatic carbocycles. The molecule has 1 aromatic heterocycles. The Morgan fingerprint density at radius 2 is 1.90 bits per heavy atom. The Labute approximate surface area is 183 Å². The quantitative estimate of drug-likeness (QED) is 0.470. The van der Waals surface area contributed by atoms with Gasteiger partial charge in [0.05, 0.1) is 15.1 Å². The molecule has 3 rings (SSSR count). The third-order valence-corrected chi connectivity index (χ3v) is 6.02. The summed E-state index contributed by atoms with van der Waals surface area (Å²) in [6.07, 6.45) is 5.80. The SMILES string of the molecule is O=C(Nc1n[nH]c(C(=O)NCCCCCN2CCCC2)c1Br)c1ccccc1Cl. The van der Waals surface area contributed by atoms with E-state index >= 15 is 0 Å². The molecule has 156 valence electrons. The number of carbonyl (C=O) groups is 2. The number of likely N-dealkylation sites (tertiary alicyclic amines) is 1. The molecule has 1 fully saturated rings. The van der Waals surface area contributed by atoms with Gasteiger partial charge in [-0.15, -0.1) is 0 Å². The van der Waals surface area contributed by atoms with Crippen LogP contribution in [-0.4, -0.2) is 53.1 Å². The number of hydrogen-bond acceptors (Lipinski definition) is 4. The second kappa shape index (κ2) is 10.8. The number of rotatable bonds is 9. The van der Waals surface area contributed by atoms with Crippen molar-refractivity contribution in [2.45, 2.75) is 32.1 Å². The first-order valence-corrected chi connectivity index (χ1v) is 11.0. The summed E-state index contributed by atoms with van der Waals surface area (Å²) in [7, 11) is 0. The molecule has 1 aliphatic rings. The van der Waals surface area contributed by atoms with Crippen LogP contribution in [0.15, 0.2) is 28.7 Å². The van der Waals surface area contributed by atoms with E-state index in [1.54, 1.807) is 24.3 Å². The number of unbranched alkanes of at least 4 members (excludes halogenated alkanes) is 2. The van der Waals surface area contributed by atoms with E-state index in [2.05, 4.69) is 41.7 Å². The molecular formula is C20H25BrClN5O2. The van der Waals surface area contributed by atoms with Crippen LogP contribution in [0, 0.1) is 0 Å².